The number of thiophene rings is 1. The number of nitrogens with zero attached hydrogens (tertiary/aromatic N) is 3. The molecule has 1 amide bonds. The van der Waals surface area contributed by atoms with Gasteiger partial charge < -0.3 is 26.6 Å². The molecule has 3 aromatic heterocycles. The largest absolute Gasteiger partial charge is 0.490 e. The van der Waals surface area contributed by atoms with E-state index in [1.807, 2.05) is 6.07 Å². The molecule has 0 bridgehead atoms. The molecule has 0 aliphatic heterocycles. The van der Waals surface area contributed by atoms with Crippen LogP contribution >= 0.6 is 22.9 Å². The summed E-state index contributed by atoms with van der Waals surface area (Å²) in [6.07, 6.45) is 3.63. The Morgan fingerprint density at radius 2 is 1.48 bits per heavy atom. The van der Waals surface area contributed by atoms with E-state index in [0.717, 1.165) is 21.2 Å². The average Bonchev–Trinajstić information content (AvgIpc) is 3.28. The number of likely N-dealkylation sites (N-methyl/N-ethyl adjacent to an activating group) is 1. The highest BCUT2D eigenvalue weighted by molar-refractivity contribution is 7.19. The number of carboxylic acids is 2. The Balaban J connectivity index is 0.000000294. The molecule has 0 radical (unpaired) electrons. The second-order valence-electron chi connectivity index (χ2n) is 8.49. The smallest absolute Gasteiger partial charge is 0.478 e. The van der Waals surface area contributed by atoms with Gasteiger partial charge in [0.2, 0.25) is 5.91 Å². The van der Waals surface area contributed by atoms with E-state index in [1.54, 1.807) is 49.7 Å². The molecule has 4 rings (SSSR count). The van der Waals surface area contributed by atoms with E-state index in [9.17, 15) is 27.2 Å². The van der Waals surface area contributed by atoms with Crippen LogP contribution in [0.25, 0.3) is 22.2 Å². The normalized spacial score (nSPS) is 11.0. The highest BCUT2D eigenvalue weighted by atomic mass is 35.5. The number of carboxylic acid groups (broad SMARTS) is 2. The van der Waals surface area contributed by atoms with Gasteiger partial charge in [0.1, 0.15) is 17.5 Å². The molecule has 0 aliphatic carbocycles. The number of benzene rings is 1. The number of amides is 1. The Labute approximate surface area is 256 Å². The van der Waals surface area contributed by atoms with Crippen molar-refractivity contribution in [2.75, 3.05) is 18.5 Å². The van der Waals surface area contributed by atoms with E-state index in [-0.39, 0.29) is 11.7 Å². The van der Waals surface area contributed by atoms with E-state index in [4.69, 9.17) is 38.1 Å². The van der Waals surface area contributed by atoms with Gasteiger partial charge in [-0.05, 0) is 59.7 Å². The van der Waals surface area contributed by atoms with Crippen molar-refractivity contribution in [1.82, 2.24) is 14.9 Å². The van der Waals surface area contributed by atoms with Crippen LogP contribution in [0.15, 0.2) is 67.0 Å². The topological polar surface area (TPSA) is 173 Å². The van der Waals surface area contributed by atoms with Crippen LogP contribution in [0.5, 0.6) is 0 Å². The molecule has 44 heavy (non-hydrogen) atoms. The van der Waals surface area contributed by atoms with Crippen molar-refractivity contribution in [2.45, 2.75) is 12.7 Å². The number of hydrogen-bond donors (Lipinski definition) is 4. The van der Waals surface area contributed by atoms with E-state index in [0.29, 0.717) is 34.2 Å². The predicted octanol–water partition coefficient (Wildman–Crippen LogP) is 5.74. The number of halogens is 5. The Hall–Kier alpha value is -5.02. The lowest BCUT2D eigenvalue weighted by atomic mass is 10.2. The fourth-order valence-electron chi connectivity index (χ4n) is 3.01. The minimum absolute atomic E-state index is 0.189. The summed E-state index contributed by atoms with van der Waals surface area (Å²) in [5, 5.41) is 16.2. The molecule has 16 heteroatoms. The molecule has 1 aromatic carbocycles. The third-order valence-corrected chi connectivity index (χ3v) is 6.80. The molecular weight excluding hydrogens is 630 g/mol. The summed E-state index contributed by atoms with van der Waals surface area (Å²) in [6, 6.07) is 11.6. The van der Waals surface area contributed by atoms with Crippen molar-refractivity contribution in [3.8, 4) is 0 Å². The number of aromatic nitrogens is 2. The lowest BCUT2D eigenvalue weighted by Gasteiger charge is -2.14. The number of carbonyl (C=O) groups excluding carboxylic acids is 1. The summed E-state index contributed by atoms with van der Waals surface area (Å²) < 4.78 is 46.4. The molecule has 0 unspecified atom stereocenters. The number of fused-ring (bicyclic) bond motifs is 1. The first-order valence-electron chi connectivity index (χ1n) is 12.0. The van der Waals surface area contributed by atoms with Crippen LogP contribution in [0, 0.1) is 5.82 Å². The van der Waals surface area contributed by atoms with Gasteiger partial charge in [-0.3, -0.25) is 4.79 Å². The highest BCUT2D eigenvalue weighted by Crippen LogP contribution is 2.37. The fraction of sp³-hybridized carbons (Fsp3) is 0.107. The zero-order valence-electron chi connectivity index (χ0n) is 22.6. The van der Waals surface area contributed by atoms with E-state index < -0.39 is 18.1 Å². The van der Waals surface area contributed by atoms with Crippen LogP contribution < -0.4 is 11.5 Å². The maximum Gasteiger partial charge on any atom is 0.490 e. The van der Waals surface area contributed by atoms with Crippen LogP contribution in [0.1, 0.15) is 16.0 Å². The quantitative estimate of drug-likeness (QED) is 0.150. The van der Waals surface area contributed by atoms with Crippen molar-refractivity contribution in [2.24, 2.45) is 0 Å². The summed E-state index contributed by atoms with van der Waals surface area (Å²) >= 11 is 7.68. The summed E-state index contributed by atoms with van der Waals surface area (Å²) in [6.45, 7) is 0.306. The Bertz CT molecular complexity index is 1660. The lowest BCUT2D eigenvalue weighted by molar-refractivity contribution is -0.192. The molecule has 4 aromatic rings. The summed E-state index contributed by atoms with van der Waals surface area (Å²) in [7, 11) is 1.67. The predicted molar refractivity (Wildman–Crippen MR) is 160 cm³/mol. The van der Waals surface area contributed by atoms with Gasteiger partial charge in [-0.15, -0.1) is 11.3 Å². The number of alkyl halides is 3. The summed E-state index contributed by atoms with van der Waals surface area (Å²) in [5.74, 6) is -3.44. The number of nitrogen functional groups attached to an aromatic ring is 2. The Kier molecular flexibility index (Phi) is 12.8. The van der Waals surface area contributed by atoms with Crippen molar-refractivity contribution < 1.29 is 42.2 Å². The zero-order valence-corrected chi connectivity index (χ0v) is 24.2. The van der Waals surface area contributed by atoms with Gasteiger partial charge in [-0.1, -0.05) is 17.7 Å². The molecule has 6 N–H and O–H groups in total. The maximum absolute atomic E-state index is 13.9. The average molecular weight is 654 g/mol. The van der Waals surface area contributed by atoms with E-state index in [1.165, 1.54) is 40.7 Å². The van der Waals surface area contributed by atoms with Crippen molar-refractivity contribution >= 4 is 74.7 Å². The summed E-state index contributed by atoms with van der Waals surface area (Å²) in [4.78, 5) is 41.3. The number of anilines is 2. The first-order valence-corrected chi connectivity index (χ1v) is 13.2. The summed E-state index contributed by atoms with van der Waals surface area (Å²) in [5.41, 5.74) is 12.3. The number of hydrogen-bond acceptors (Lipinski definition) is 8. The number of carbonyl (C=O) groups is 3. The van der Waals surface area contributed by atoms with Crippen molar-refractivity contribution in [3.05, 3.63) is 93.9 Å². The molecule has 0 atom stereocenters. The standard InChI is InChI=1S/C18H15ClFN3OS.C8H8N2O2.C2HF3O2/c1-23(16(24)8-6-11-5-7-15(21)22-9-11)10-14-18(19)17-12(20)3-2-4-13(17)25-14;9-7-3-1-6(5-10-7)2-4-8(11)12;3-2(4,5)1(6)7/h2-9H,10H2,1H3,(H2,21,22);1-5H,(H2,9,10)(H,11,12);(H,6,7)/b8-6+;;. The number of rotatable bonds is 6. The fourth-order valence-corrected chi connectivity index (χ4v) is 4.59. The first-order chi connectivity index (χ1) is 20.6. The van der Waals surface area contributed by atoms with Crippen molar-refractivity contribution in [1.29, 1.82) is 0 Å². The number of aliphatic carboxylic acids is 2. The number of nitrogens with two attached hydrogens (primary N) is 2. The van der Waals surface area contributed by atoms with Crippen molar-refractivity contribution in [3.63, 3.8) is 0 Å². The molecular formula is C28H24ClF4N5O5S. The van der Waals surface area contributed by atoms with Gasteiger partial charge in [-0.2, -0.15) is 13.2 Å². The van der Waals surface area contributed by atoms with Crippen LogP contribution in [0.4, 0.5) is 29.2 Å². The third kappa shape index (κ3) is 11.3. The van der Waals surface area contributed by atoms with Crippen LogP contribution in [0.3, 0.4) is 0 Å². The zero-order chi connectivity index (χ0) is 33.0. The third-order valence-electron chi connectivity index (χ3n) is 5.13. The molecule has 0 saturated carbocycles. The van der Waals surface area contributed by atoms with E-state index >= 15 is 0 Å². The lowest BCUT2D eigenvalue weighted by Crippen LogP contribution is -2.23. The van der Waals surface area contributed by atoms with Gasteiger partial charge in [0, 0.05) is 46.6 Å². The Morgan fingerprint density at radius 1 is 0.955 bits per heavy atom. The molecule has 10 nitrogen and oxygen atoms in total. The van der Waals surface area contributed by atoms with Gasteiger partial charge >= 0.3 is 18.1 Å². The van der Waals surface area contributed by atoms with Crippen LogP contribution in [-0.2, 0) is 20.9 Å². The van der Waals surface area contributed by atoms with E-state index in [2.05, 4.69) is 9.97 Å². The highest BCUT2D eigenvalue weighted by Gasteiger charge is 2.38. The molecule has 0 fully saturated rings. The SMILES string of the molecule is CN(Cc1sc2cccc(F)c2c1Cl)C(=O)/C=C/c1ccc(N)nc1.Nc1ccc(C=CC(=O)O)cn1.O=C(O)C(F)(F)F. The molecule has 0 aliphatic rings. The minimum Gasteiger partial charge on any atom is -0.478 e. The molecule has 3 heterocycles. The monoisotopic (exact) mass is 653 g/mol. The van der Waals surface area contributed by atoms with Gasteiger partial charge in [-0.25, -0.2) is 23.9 Å². The first kappa shape index (κ1) is 35.2. The van der Waals surface area contributed by atoms with Crippen LogP contribution in [0.2, 0.25) is 5.02 Å². The Morgan fingerprint density at radius 3 is 1.91 bits per heavy atom. The maximum atomic E-state index is 13.9. The van der Waals surface area contributed by atoms with Gasteiger partial charge in [0.25, 0.3) is 0 Å². The van der Waals surface area contributed by atoms with Crippen LogP contribution in [-0.4, -0.2) is 56.2 Å². The second-order valence-corrected chi connectivity index (χ2v) is 10.0. The van der Waals surface area contributed by atoms with Gasteiger partial charge in [0.05, 0.1) is 11.6 Å². The molecule has 0 saturated heterocycles. The molecule has 232 valence electrons. The minimum atomic E-state index is -5.08. The molecule has 0 spiro atoms. The van der Waals surface area contributed by atoms with Gasteiger partial charge in [0.15, 0.2) is 0 Å². The second kappa shape index (κ2) is 16.0. The number of pyridine rings is 2.